The Morgan fingerprint density at radius 1 is 1.23 bits per heavy atom. The van der Waals surface area contributed by atoms with Gasteiger partial charge in [-0.15, -0.1) is 10.2 Å². The van der Waals surface area contributed by atoms with Crippen molar-refractivity contribution in [2.45, 2.75) is 38.3 Å². The number of ether oxygens (including phenoxy) is 1. The van der Waals surface area contributed by atoms with Crippen LogP contribution in [-0.4, -0.2) is 28.5 Å². The molecule has 0 atom stereocenters. The molecule has 0 aliphatic heterocycles. The normalized spacial score (nSPS) is 10.6. The van der Waals surface area contributed by atoms with Crippen LogP contribution in [0.4, 0.5) is 0 Å². The maximum absolute atomic E-state index is 11.6. The van der Waals surface area contributed by atoms with Crippen molar-refractivity contribution >= 4 is 17.7 Å². The molecule has 0 aliphatic rings. The van der Waals surface area contributed by atoms with Gasteiger partial charge in [0, 0.05) is 5.56 Å². The van der Waals surface area contributed by atoms with Gasteiger partial charge in [-0.3, -0.25) is 4.79 Å². The summed E-state index contributed by atoms with van der Waals surface area (Å²) in [5.74, 6) is 0.386. The van der Waals surface area contributed by atoms with Gasteiger partial charge in [-0.2, -0.15) is 0 Å². The number of carbonyl (C=O) groups excluding carboxylic acids is 1. The number of aryl methyl sites for hydroxylation is 1. The number of aromatic nitrogens is 2. The highest BCUT2D eigenvalue weighted by Crippen LogP contribution is 2.23. The summed E-state index contributed by atoms with van der Waals surface area (Å²) < 4.78 is 10.7. The molecule has 118 valence electrons. The summed E-state index contributed by atoms with van der Waals surface area (Å²) >= 11 is 1.20. The molecule has 0 spiro atoms. The van der Waals surface area contributed by atoms with Crippen LogP contribution >= 0.6 is 11.8 Å². The standard InChI is InChI=1S/C16H20N2O3S/c1-3-4-5-10-20-14(19)11-22-16-18-17-15(21-16)13-8-6-12(2)7-9-13/h6-9H,3-5,10-11H2,1-2H3. The highest BCUT2D eigenvalue weighted by atomic mass is 32.2. The molecule has 1 aromatic heterocycles. The van der Waals surface area contributed by atoms with Gasteiger partial charge in [0.05, 0.1) is 6.61 Å². The average molecular weight is 320 g/mol. The van der Waals surface area contributed by atoms with Crippen LogP contribution in [0.1, 0.15) is 31.7 Å². The van der Waals surface area contributed by atoms with Gasteiger partial charge in [0.1, 0.15) is 5.75 Å². The number of hydrogen-bond acceptors (Lipinski definition) is 6. The minimum Gasteiger partial charge on any atom is -0.465 e. The van der Waals surface area contributed by atoms with Gasteiger partial charge in [-0.05, 0) is 25.5 Å². The van der Waals surface area contributed by atoms with Crippen LogP contribution in [0.15, 0.2) is 33.9 Å². The second kappa shape index (κ2) is 8.58. The van der Waals surface area contributed by atoms with E-state index in [1.807, 2.05) is 31.2 Å². The van der Waals surface area contributed by atoms with E-state index >= 15 is 0 Å². The zero-order valence-electron chi connectivity index (χ0n) is 12.9. The van der Waals surface area contributed by atoms with Gasteiger partial charge in [0.25, 0.3) is 5.22 Å². The number of thioether (sulfide) groups is 1. The third-order valence-electron chi connectivity index (χ3n) is 3.03. The summed E-state index contributed by atoms with van der Waals surface area (Å²) in [6.45, 7) is 4.61. The van der Waals surface area contributed by atoms with Crippen molar-refractivity contribution < 1.29 is 13.9 Å². The highest BCUT2D eigenvalue weighted by molar-refractivity contribution is 7.99. The smallest absolute Gasteiger partial charge is 0.316 e. The highest BCUT2D eigenvalue weighted by Gasteiger charge is 2.11. The van der Waals surface area contributed by atoms with Crippen LogP contribution in [0, 0.1) is 6.92 Å². The summed E-state index contributed by atoms with van der Waals surface area (Å²) in [6, 6.07) is 7.83. The van der Waals surface area contributed by atoms with Crippen molar-refractivity contribution in [1.82, 2.24) is 10.2 Å². The molecule has 0 radical (unpaired) electrons. The Balaban J connectivity index is 1.79. The van der Waals surface area contributed by atoms with Gasteiger partial charge >= 0.3 is 5.97 Å². The minimum absolute atomic E-state index is 0.182. The summed E-state index contributed by atoms with van der Waals surface area (Å²) in [7, 11) is 0. The number of hydrogen-bond donors (Lipinski definition) is 0. The van der Waals surface area contributed by atoms with E-state index in [1.165, 1.54) is 17.3 Å². The molecule has 0 unspecified atom stereocenters. The lowest BCUT2D eigenvalue weighted by Crippen LogP contribution is -2.08. The van der Waals surface area contributed by atoms with E-state index < -0.39 is 0 Å². The maximum Gasteiger partial charge on any atom is 0.316 e. The zero-order valence-corrected chi connectivity index (χ0v) is 13.7. The minimum atomic E-state index is -0.254. The van der Waals surface area contributed by atoms with E-state index in [-0.39, 0.29) is 11.7 Å². The van der Waals surface area contributed by atoms with Gasteiger partial charge in [0.2, 0.25) is 5.89 Å². The Morgan fingerprint density at radius 2 is 2.00 bits per heavy atom. The lowest BCUT2D eigenvalue weighted by Gasteiger charge is -2.02. The molecule has 5 nitrogen and oxygen atoms in total. The molecule has 22 heavy (non-hydrogen) atoms. The topological polar surface area (TPSA) is 65.2 Å². The molecule has 0 bridgehead atoms. The van der Waals surface area contributed by atoms with E-state index in [4.69, 9.17) is 9.15 Å². The maximum atomic E-state index is 11.6. The van der Waals surface area contributed by atoms with Gasteiger partial charge in [-0.25, -0.2) is 0 Å². The number of nitrogens with zero attached hydrogens (tertiary/aromatic N) is 2. The Hall–Kier alpha value is -1.82. The van der Waals surface area contributed by atoms with Gasteiger partial charge < -0.3 is 9.15 Å². The Morgan fingerprint density at radius 3 is 2.73 bits per heavy atom. The second-order valence-corrected chi connectivity index (χ2v) is 5.88. The largest absolute Gasteiger partial charge is 0.465 e. The summed E-state index contributed by atoms with van der Waals surface area (Å²) in [6.07, 6.45) is 3.09. The predicted molar refractivity (Wildman–Crippen MR) is 85.7 cm³/mol. The molecule has 2 aromatic rings. The first-order chi connectivity index (χ1) is 10.7. The third-order valence-corrected chi connectivity index (χ3v) is 3.82. The molecule has 2 rings (SSSR count). The Labute approximate surface area is 134 Å². The van der Waals surface area contributed by atoms with E-state index in [9.17, 15) is 4.79 Å². The first-order valence-electron chi connectivity index (χ1n) is 7.38. The van der Waals surface area contributed by atoms with Gasteiger partial charge in [-0.1, -0.05) is 49.2 Å². The van der Waals surface area contributed by atoms with E-state index in [1.54, 1.807) is 0 Å². The molecular weight excluding hydrogens is 300 g/mol. The molecule has 0 amide bonds. The van der Waals surface area contributed by atoms with Crippen LogP contribution in [0.25, 0.3) is 11.5 Å². The van der Waals surface area contributed by atoms with Gasteiger partial charge in [0.15, 0.2) is 0 Å². The molecule has 0 N–H and O–H groups in total. The number of unbranched alkanes of at least 4 members (excludes halogenated alkanes) is 2. The van der Waals surface area contributed by atoms with Crippen LogP contribution < -0.4 is 0 Å². The summed E-state index contributed by atoms with van der Waals surface area (Å²) in [5.41, 5.74) is 2.04. The average Bonchev–Trinajstić information content (AvgIpc) is 2.99. The van der Waals surface area contributed by atoms with E-state index in [0.29, 0.717) is 17.7 Å². The van der Waals surface area contributed by atoms with Crippen molar-refractivity contribution in [1.29, 1.82) is 0 Å². The zero-order chi connectivity index (χ0) is 15.8. The quantitative estimate of drug-likeness (QED) is 0.418. The molecule has 0 saturated heterocycles. The molecule has 0 aliphatic carbocycles. The van der Waals surface area contributed by atoms with Crippen LogP contribution in [0.3, 0.4) is 0 Å². The van der Waals surface area contributed by atoms with Crippen molar-refractivity contribution in [2.24, 2.45) is 0 Å². The number of rotatable bonds is 8. The first-order valence-corrected chi connectivity index (χ1v) is 8.36. The third kappa shape index (κ3) is 5.18. The second-order valence-electron chi connectivity index (χ2n) is 4.96. The fourth-order valence-electron chi connectivity index (χ4n) is 1.78. The van der Waals surface area contributed by atoms with Crippen molar-refractivity contribution in [3.05, 3.63) is 29.8 Å². The Kier molecular flexibility index (Phi) is 6.45. The molecular formula is C16H20N2O3S. The molecule has 6 heteroatoms. The lowest BCUT2D eigenvalue weighted by molar-refractivity contribution is -0.140. The molecule has 1 heterocycles. The van der Waals surface area contributed by atoms with E-state index in [2.05, 4.69) is 17.1 Å². The molecule has 0 fully saturated rings. The summed E-state index contributed by atoms with van der Waals surface area (Å²) in [4.78, 5) is 11.6. The van der Waals surface area contributed by atoms with Crippen LogP contribution in [0.5, 0.6) is 0 Å². The summed E-state index contributed by atoms with van der Waals surface area (Å²) in [5, 5.41) is 8.30. The van der Waals surface area contributed by atoms with Crippen molar-refractivity contribution in [3.63, 3.8) is 0 Å². The van der Waals surface area contributed by atoms with Crippen molar-refractivity contribution in [2.75, 3.05) is 12.4 Å². The van der Waals surface area contributed by atoms with Crippen LogP contribution in [0.2, 0.25) is 0 Å². The fourth-order valence-corrected chi connectivity index (χ4v) is 2.34. The SMILES string of the molecule is CCCCCOC(=O)CSc1nnc(-c2ccc(C)cc2)o1. The molecule has 0 saturated carbocycles. The Bertz CT molecular complexity index is 596. The predicted octanol–water partition coefficient (Wildman–Crippen LogP) is 3.87. The van der Waals surface area contributed by atoms with Crippen LogP contribution in [-0.2, 0) is 9.53 Å². The number of carbonyl (C=O) groups is 1. The van der Waals surface area contributed by atoms with Crippen molar-refractivity contribution in [3.8, 4) is 11.5 Å². The molecule has 1 aromatic carbocycles. The number of benzene rings is 1. The first kappa shape index (κ1) is 16.5. The number of esters is 1. The fraction of sp³-hybridized carbons (Fsp3) is 0.438. The van der Waals surface area contributed by atoms with E-state index in [0.717, 1.165) is 24.8 Å². The monoisotopic (exact) mass is 320 g/mol. The lowest BCUT2D eigenvalue weighted by atomic mass is 10.1.